The molecule has 1 fully saturated rings. The van der Waals surface area contributed by atoms with E-state index < -0.39 is 6.41 Å². The zero-order valence-corrected chi connectivity index (χ0v) is 17.0. The molecule has 1 unspecified atom stereocenters. The van der Waals surface area contributed by atoms with Gasteiger partial charge in [0.2, 0.25) is 6.41 Å². The van der Waals surface area contributed by atoms with Gasteiger partial charge in [-0.2, -0.15) is 0 Å². The first-order chi connectivity index (χ1) is 13.3. The van der Waals surface area contributed by atoms with E-state index in [1.165, 1.54) is 11.1 Å². The van der Waals surface area contributed by atoms with E-state index in [0.717, 1.165) is 31.6 Å². The van der Waals surface area contributed by atoms with Gasteiger partial charge in [-0.3, -0.25) is 4.90 Å². The van der Waals surface area contributed by atoms with Crippen molar-refractivity contribution < 1.29 is 14.9 Å². The van der Waals surface area contributed by atoms with Gasteiger partial charge in [0.25, 0.3) is 0 Å². The second-order valence-electron chi connectivity index (χ2n) is 9.02. The van der Waals surface area contributed by atoms with E-state index in [0.29, 0.717) is 6.42 Å². The van der Waals surface area contributed by atoms with Crippen molar-refractivity contribution in [3.05, 3.63) is 42.4 Å². The topological polar surface area (TPSA) is 70.8 Å². The number of aliphatic hydroxyl groups is 2. The third-order valence-corrected chi connectivity index (χ3v) is 5.95. The number of imidazole rings is 1. The highest BCUT2D eigenvalue weighted by molar-refractivity contribution is 5.68. The summed E-state index contributed by atoms with van der Waals surface area (Å²) in [5, 5.41) is 21.3. The van der Waals surface area contributed by atoms with Crippen LogP contribution in [0.5, 0.6) is 0 Å². The Labute approximate surface area is 166 Å². The number of benzene rings is 1. The van der Waals surface area contributed by atoms with Crippen molar-refractivity contribution >= 4 is 0 Å². The van der Waals surface area contributed by atoms with Crippen LogP contribution in [-0.2, 0) is 4.74 Å². The number of likely N-dealkylation sites (tertiary alicyclic amines) is 1. The van der Waals surface area contributed by atoms with E-state index in [4.69, 9.17) is 4.74 Å². The summed E-state index contributed by atoms with van der Waals surface area (Å²) < 4.78 is 7.84. The molecule has 2 aliphatic rings. The second kappa shape index (κ2) is 7.59. The lowest BCUT2D eigenvalue weighted by molar-refractivity contribution is -0.244. The summed E-state index contributed by atoms with van der Waals surface area (Å²) >= 11 is 0. The Morgan fingerprint density at radius 2 is 1.89 bits per heavy atom. The van der Waals surface area contributed by atoms with Gasteiger partial charge in [0.1, 0.15) is 0 Å². The highest BCUT2D eigenvalue weighted by Gasteiger charge is 2.34. The summed E-state index contributed by atoms with van der Waals surface area (Å²) in [5.74, 6) is 0.234. The number of aromatic nitrogens is 2. The molecule has 4 rings (SSSR count). The summed E-state index contributed by atoms with van der Waals surface area (Å²) in [7, 11) is 0. The van der Waals surface area contributed by atoms with E-state index in [1.807, 2.05) is 38.2 Å². The third kappa shape index (κ3) is 3.87. The number of rotatable bonds is 5. The normalized spacial score (nSPS) is 22.7. The summed E-state index contributed by atoms with van der Waals surface area (Å²) in [5.41, 5.74) is 3.23. The molecular weight excluding hydrogens is 354 g/mol. The second-order valence-corrected chi connectivity index (χ2v) is 9.02. The first-order valence-corrected chi connectivity index (χ1v) is 10.2. The first-order valence-electron chi connectivity index (χ1n) is 10.2. The molecule has 0 amide bonds. The predicted molar refractivity (Wildman–Crippen MR) is 108 cm³/mol. The average molecular weight is 386 g/mol. The first kappa shape index (κ1) is 19.6. The third-order valence-electron chi connectivity index (χ3n) is 5.95. The van der Waals surface area contributed by atoms with Crippen LogP contribution >= 0.6 is 0 Å². The molecule has 0 spiro atoms. The number of piperidine rings is 1. The number of nitrogens with zero attached hydrogens (tertiary/aromatic N) is 3. The maximum absolute atomic E-state index is 11.0. The Balaban J connectivity index is 1.38. The fourth-order valence-electron chi connectivity index (χ4n) is 4.51. The molecule has 0 aliphatic carbocycles. The van der Waals surface area contributed by atoms with Gasteiger partial charge in [0, 0.05) is 18.7 Å². The van der Waals surface area contributed by atoms with Crippen molar-refractivity contribution in [2.75, 3.05) is 13.1 Å². The molecule has 2 N–H and O–H groups in total. The number of aliphatic hydroxyl groups excluding tert-OH is 2. The standard InChI is InChI=1S/C22H31N3O3/c1-22(2,3)28-21(27)24-10-8-15(9-11-24)20(26)12-18-16-6-4-5-7-17(16)19-13-23-14-25(18)19/h4-7,13-15,18,20-21,26-27H,8-12H2,1-3H3/t18-,20+,21?/m1/s1. The lowest BCUT2D eigenvalue weighted by Crippen LogP contribution is -2.47. The minimum absolute atomic E-state index is 0.136. The molecule has 1 aromatic carbocycles. The van der Waals surface area contributed by atoms with Crippen LogP contribution in [0, 0.1) is 5.92 Å². The van der Waals surface area contributed by atoms with Crippen LogP contribution < -0.4 is 0 Å². The summed E-state index contributed by atoms with van der Waals surface area (Å²) in [6.45, 7) is 7.29. The van der Waals surface area contributed by atoms with E-state index in [1.54, 1.807) is 0 Å². The molecule has 0 radical (unpaired) electrons. The molecule has 2 aromatic rings. The highest BCUT2D eigenvalue weighted by atomic mass is 16.6. The quantitative estimate of drug-likeness (QED) is 0.775. The molecule has 3 heterocycles. The van der Waals surface area contributed by atoms with E-state index >= 15 is 0 Å². The van der Waals surface area contributed by atoms with E-state index in [-0.39, 0.29) is 23.7 Å². The van der Waals surface area contributed by atoms with E-state index in [9.17, 15) is 10.2 Å². The predicted octanol–water partition coefficient (Wildman–Crippen LogP) is 3.01. The molecule has 3 atom stereocenters. The maximum atomic E-state index is 11.0. The van der Waals surface area contributed by atoms with Crippen molar-refractivity contribution in [2.24, 2.45) is 5.92 Å². The van der Waals surface area contributed by atoms with Gasteiger partial charge in [-0.15, -0.1) is 0 Å². The lowest BCUT2D eigenvalue weighted by atomic mass is 9.86. The van der Waals surface area contributed by atoms with Crippen molar-refractivity contribution in [1.82, 2.24) is 14.5 Å². The van der Waals surface area contributed by atoms with Gasteiger partial charge < -0.3 is 19.5 Å². The Hall–Kier alpha value is -1.73. The van der Waals surface area contributed by atoms with Gasteiger partial charge in [0.05, 0.1) is 36.0 Å². The Morgan fingerprint density at radius 1 is 1.18 bits per heavy atom. The van der Waals surface area contributed by atoms with Crippen molar-refractivity contribution in [1.29, 1.82) is 0 Å². The van der Waals surface area contributed by atoms with E-state index in [2.05, 4.69) is 33.8 Å². The van der Waals surface area contributed by atoms with Gasteiger partial charge in [-0.1, -0.05) is 24.3 Å². The van der Waals surface area contributed by atoms with Crippen LogP contribution in [0.3, 0.4) is 0 Å². The van der Waals surface area contributed by atoms with Crippen LogP contribution in [0.25, 0.3) is 11.3 Å². The van der Waals surface area contributed by atoms with Crippen LogP contribution in [0.1, 0.15) is 51.6 Å². The van der Waals surface area contributed by atoms with Crippen molar-refractivity contribution in [2.45, 2.75) is 64.2 Å². The minimum Gasteiger partial charge on any atom is -0.393 e. The van der Waals surface area contributed by atoms with Crippen LogP contribution in [-0.4, -0.2) is 55.9 Å². The fourth-order valence-corrected chi connectivity index (χ4v) is 4.51. The molecule has 6 heteroatoms. The van der Waals surface area contributed by atoms with Gasteiger partial charge in [-0.05, 0) is 51.5 Å². The smallest absolute Gasteiger partial charge is 0.216 e. The molecule has 0 bridgehead atoms. The number of fused-ring (bicyclic) bond motifs is 3. The summed E-state index contributed by atoms with van der Waals surface area (Å²) in [4.78, 5) is 6.26. The Morgan fingerprint density at radius 3 is 2.61 bits per heavy atom. The van der Waals surface area contributed by atoms with Crippen LogP contribution in [0.2, 0.25) is 0 Å². The number of ether oxygens (including phenoxy) is 1. The van der Waals surface area contributed by atoms with Gasteiger partial charge >= 0.3 is 0 Å². The number of hydrogen-bond donors (Lipinski definition) is 2. The van der Waals surface area contributed by atoms with Gasteiger partial charge in [0.15, 0.2) is 0 Å². The minimum atomic E-state index is -0.881. The molecule has 0 saturated carbocycles. The van der Waals surface area contributed by atoms with Crippen LogP contribution in [0.4, 0.5) is 0 Å². The highest BCUT2D eigenvalue weighted by Crippen LogP contribution is 2.42. The molecular formula is C22H31N3O3. The van der Waals surface area contributed by atoms with Crippen molar-refractivity contribution in [3.63, 3.8) is 0 Å². The molecule has 6 nitrogen and oxygen atoms in total. The lowest BCUT2D eigenvalue weighted by Gasteiger charge is -2.38. The zero-order chi connectivity index (χ0) is 19.9. The monoisotopic (exact) mass is 385 g/mol. The Kier molecular flexibility index (Phi) is 5.31. The van der Waals surface area contributed by atoms with Crippen molar-refractivity contribution in [3.8, 4) is 11.3 Å². The fraction of sp³-hybridized carbons (Fsp3) is 0.591. The average Bonchev–Trinajstić information content (AvgIpc) is 3.23. The molecule has 1 aromatic heterocycles. The zero-order valence-electron chi connectivity index (χ0n) is 17.0. The van der Waals surface area contributed by atoms with Gasteiger partial charge in [-0.25, -0.2) is 4.98 Å². The van der Waals surface area contributed by atoms with Crippen LogP contribution in [0.15, 0.2) is 36.8 Å². The molecule has 28 heavy (non-hydrogen) atoms. The maximum Gasteiger partial charge on any atom is 0.216 e. The summed E-state index contributed by atoms with van der Waals surface area (Å²) in [6.07, 6.45) is 4.91. The molecule has 1 saturated heterocycles. The molecule has 152 valence electrons. The summed E-state index contributed by atoms with van der Waals surface area (Å²) in [6, 6.07) is 8.53. The largest absolute Gasteiger partial charge is 0.393 e. The Bertz CT molecular complexity index is 805. The number of hydrogen-bond acceptors (Lipinski definition) is 5. The SMILES string of the molecule is CC(C)(C)OC(O)N1CCC([C@@H](O)C[C@@H]2c3ccccc3-c3cncn32)CC1. The molecule has 2 aliphatic heterocycles.